The summed E-state index contributed by atoms with van der Waals surface area (Å²) < 4.78 is 5.41. The Morgan fingerprint density at radius 3 is 2.45 bits per heavy atom. The average Bonchev–Trinajstić information content (AvgIpc) is 2.71. The van der Waals surface area contributed by atoms with Gasteiger partial charge in [-0.3, -0.25) is 4.79 Å². The lowest BCUT2D eigenvalue weighted by atomic mass is 10.1. The molecule has 0 aliphatic rings. The minimum Gasteiger partial charge on any atom is -0.407 e. The fourth-order valence-electron chi connectivity index (χ4n) is 1.40. The highest BCUT2D eigenvalue weighted by molar-refractivity contribution is 5.84. The summed E-state index contributed by atoms with van der Waals surface area (Å²) in [5.41, 5.74) is -0.270. The molecule has 7 nitrogen and oxygen atoms in total. The van der Waals surface area contributed by atoms with Gasteiger partial charge in [-0.15, -0.1) is 5.10 Å². The summed E-state index contributed by atoms with van der Waals surface area (Å²) in [6.07, 6.45) is 0. The average molecular weight is 283 g/mol. The lowest BCUT2D eigenvalue weighted by Gasteiger charge is -2.23. The van der Waals surface area contributed by atoms with Gasteiger partial charge in [-0.25, -0.2) is 0 Å². The molecule has 0 saturated heterocycles. The van der Waals surface area contributed by atoms with Crippen molar-refractivity contribution in [2.45, 2.75) is 65.7 Å². The van der Waals surface area contributed by atoms with Crippen LogP contribution in [-0.4, -0.2) is 33.7 Å². The normalized spacial score (nSPS) is 13.3. The maximum absolute atomic E-state index is 11.9. The highest BCUT2D eigenvalue weighted by Crippen LogP contribution is 2.08. The molecule has 0 aliphatic heterocycles. The number of amides is 1. The smallest absolute Gasteiger partial charge is 0.316 e. The van der Waals surface area contributed by atoms with Crippen molar-refractivity contribution in [3.8, 4) is 0 Å². The molecule has 1 unspecified atom stereocenters. The summed E-state index contributed by atoms with van der Waals surface area (Å²) in [5, 5.41) is 16.7. The molecular weight excluding hydrogens is 258 g/mol. The zero-order valence-corrected chi connectivity index (χ0v) is 13.1. The Morgan fingerprint density at radius 2 is 1.90 bits per heavy atom. The number of nitrogens with zero attached hydrogens (tertiary/aromatic N) is 2. The maximum atomic E-state index is 11.9. The second-order valence-electron chi connectivity index (χ2n) is 6.14. The second-order valence-corrected chi connectivity index (χ2v) is 6.14. The molecule has 7 heteroatoms. The van der Waals surface area contributed by atoms with E-state index in [4.69, 9.17) is 4.42 Å². The Labute approximate surface area is 119 Å². The predicted molar refractivity (Wildman–Crippen MR) is 77.3 cm³/mol. The van der Waals surface area contributed by atoms with E-state index in [-0.39, 0.29) is 17.5 Å². The first-order valence-electron chi connectivity index (χ1n) is 6.81. The van der Waals surface area contributed by atoms with Crippen LogP contribution in [0, 0.1) is 0 Å². The fraction of sp³-hybridized carbons (Fsp3) is 0.769. The van der Waals surface area contributed by atoms with E-state index in [1.54, 1.807) is 6.92 Å². The van der Waals surface area contributed by atoms with Gasteiger partial charge in [0.2, 0.25) is 11.8 Å². The Morgan fingerprint density at radius 1 is 1.25 bits per heavy atom. The van der Waals surface area contributed by atoms with Crippen LogP contribution >= 0.6 is 0 Å². The van der Waals surface area contributed by atoms with Crippen molar-refractivity contribution < 1.29 is 9.21 Å². The molecule has 3 N–H and O–H groups in total. The minimum atomic E-state index is -0.444. The zero-order chi connectivity index (χ0) is 15.3. The van der Waals surface area contributed by atoms with Gasteiger partial charge >= 0.3 is 6.01 Å². The Kier molecular flexibility index (Phi) is 5.50. The topological polar surface area (TPSA) is 92.1 Å². The van der Waals surface area contributed by atoms with Gasteiger partial charge in [-0.05, 0) is 27.7 Å². The Hall–Kier alpha value is -1.63. The van der Waals surface area contributed by atoms with Gasteiger partial charge in [0, 0.05) is 11.6 Å². The Balaban J connectivity index is 2.50. The van der Waals surface area contributed by atoms with Crippen molar-refractivity contribution in [2.75, 3.05) is 5.32 Å². The number of anilines is 1. The number of hydrogen-bond donors (Lipinski definition) is 3. The van der Waals surface area contributed by atoms with Gasteiger partial charge in [0.1, 0.15) is 6.04 Å². The number of hydrogen-bond acceptors (Lipinski definition) is 6. The molecule has 1 amide bonds. The van der Waals surface area contributed by atoms with Crippen LogP contribution in [0.25, 0.3) is 0 Å². The lowest BCUT2D eigenvalue weighted by molar-refractivity contribution is -0.122. The van der Waals surface area contributed by atoms with Gasteiger partial charge in [0.15, 0.2) is 0 Å². The van der Waals surface area contributed by atoms with Crippen LogP contribution in [0.1, 0.15) is 47.4 Å². The fourth-order valence-corrected chi connectivity index (χ4v) is 1.40. The van der Waals surface area contributed by atoms with E-state index in [0.29, 0.717) is 18.5 Å². The molecule has 1 rings (SSSR count). The molecule has 0 bridgehead atoms. The molecule has 0 aromatic carbocycles. The molecule has 0 radical (unpaired) electrons. The molecule has 1 atom stereocenters. The van der Waals surface area contributed by atoms with Gasteiger partial charge in [0.05, 0.1) is 6.54 Å². The van der Waals surface area contributed by atoms with Crippen LogP contribution < -0.4 is 16.0 Å². The van der Waals surface area contributed by atoms with E-state index in [2.05, 4.69) is 26.1 Å². The van der Waals surface area contributed by atoms with Crippen LogP contribution in [0.2, 0.25) is 0 Å². The van der Waals surface area contributed by atoms with Crippen LogP contribution in [0.4, 0.5) is 6.01 Å². The molecule has 1 aromatic rings. The molecule has 20 heavy (non-hydrogen) atoms. The van der Waals surface area contributed by atoms with Crippen LogP contribution in [-0.2, 0) is 11.3 Å². The van der Waals surface area contributed by atoms with Crippen molar-refractivity contribution >= 4 is 11.9 Å². The number of rotatable bonds is 6. The summed E-state index contributed by atoms with van der Waals surface area (Å²) in [4.78, 5) is 11.9. The second kappa shape index (κ2) is 6.69. The van der Waals surface area contributed by atoms with Crippen molar-refractivity contribution in [1.82, 2.24) is 20.8 Å². The number of carbonyl (C=O) groups excluding carboxylic acids is 1. The highest BCUT2D eigenvalue weighted by Gasteiger charge is 2.20. The standard InChI is InChI=1S/C13H25N5O2/c1-8(2)14-7-10-17-18-12(20-10)15-9(3)11(19)16-13(4,5)6/h8-9,14H,7H2,1-6H3,(H,15,18)(H,16,19). The first-order chi connectivity index (χ1) is 9.17. The molecule has 0 aliphatic carbocycles. The molecule has 0 saturated carbocycles. The van der Waals surface area contributed by atoms with E-state index in [1.165, 1.54) is 0 Å². The first-order valence-corrected chi connectivity index (χ1v) is 6.81. The maximum Gasteiger partial charge on any atom is 0.316 e. The third-order valence-corrected chi connectivity index (χ3v) is 2.36. The number of carbonyl (C=O) groups is 1. The van der Waals surface area contributed by atoms with E-state index < -0.39 is 6.04 Å². The van der Waals surface area contributed by atoms with Crippen molar-refractivity contribution in [3.05, 3.63) is 5.89 Å². The van der Waals surface area contributed by atoms with Crippen LogP contribution in [0.15, 0.2) is 4.42 Å². The summed E-state index contributed by atoms with van der Waals surface area (Å²) >= 11 is 0. The summed E-state index contributed by atoms with van der Waals surface area (Å²) in [5.74, 6) is 0.377. The van der Waals surface area contributed by atoms with Crippen LogP contribution in [0.3, 0.4) is 0 Å². The third kappa shape index (κ3) is 6.01. The number of aromatic nitrogens is 2. The molecule has 0 fully saturated rings. The van der Waals surface area contributed by atoms with E-state index in [9.17, 15) is 4.79 Å². The highest BCUT2D eigenvalue weighted by atomic mass is 16.4. The van der Waals surface area contributed by atoms with Crippen molar-refractivity contribution in [1.29, 1.82) is 0 Å². The van der Waals surface area contributed by atoms with E-state index >= 15 is 0 Å². The van der Waals surface area contributed by atoms with E-state index in [0.717, 1.165) is 0 Å². The van der Waals surface area contributed by atoms with E-state index in [1.807, 2.05) is 34.6 Å². The van der Waals surface area contributed by atoms with Crippen molar-refractivity contribution in [2.24, 2.45) is 0 Å². The molecule has 114 valence electrons. The zero-order valence-electron chi connectivity index (χ0n) is 13.1. The van der Waals surface area contributed by atoms with Crippen LogP contribution in [0.5, 0.6) is 0 Å². The minimum absolute atomic E-state index is 0.113. The summed E-state index contributed by atoms with van der Waals surface area (Å²) in [6, 6.07) is 0.150. The largest absolute Gasteiger partial charge is 0.407 e. The van der Waals surface area contributed by atoms with Gasteiger partial charge in [-0.2, -0.15) is 0 Å². The quantitative estimate of drug-likeness (QED) is 0.728. The lowest BCUT2D eigenvalue weighted by Crippen LogP contribution is -2.47. The van der Waals surface area contributed by atoms with Crippen molar-refractivity contribution in [3.63, 3.8) is 0 Å². The molecular formula is C13H25N5O2. The monoisotopic (exact) mass is 283 g/mol. The molecule has 1 heterocycles. The third-order valence-electron chi connectivity index (χ3n) is 2.36. The Bertz CT molecular complexity index is 436. The predicted octanol–water partition coefficient (Wildman–Crippen LogP) is 1.28. The summed E-state index contributed by atoms with van der Waals surface area (Å²) in [7, 11) is 0. The van der Waals surface area contributed by atoms with Gasteiger partial charge in [0.25, 0.3) is 0 Å². The SMILES string of the molecule is CC(C)NCc1nnc(NC(C)C(=O)NC(C)(C)C)o1. The molecule has 0 spiro atoms. The van der Waals surface area contributed by atoms with Gasteiger partial charge in [-0.1, -0.05) is 18.9 Å². The first kappa shape index (κ1) is 16.4. The van der Waals surface area contributed by atoms with Gasteiger partial charge < -0.3 is 20.4 Å². The number of nitrogens with one attached hydrogen (secondary N) is 3. The summed E-state index contributed by atoms with van der Waals surface area (Å²) in [6.45, 7) is 12.1. The molecule has 1 aromatic heterocycles.